The third kappa shape index (κ3) is 3.08. The smallest absolute Gasteiger partial charge is 0.307 e. The molecule has 1 aromatic rings. The number of carbonyl (C=O) groups excluding carboxylic acids is 1. The first-order valence-electron chi connectivity index (χ1n) is 7.91. The highest BCUT2D eigenvalue weighted by Gasteiger charge is 2.37. The van der Waals surface area contributed by atoms with Crippen LogP contribution in [0.15, 0.2) is 44.7 Å². The Balaban J connectivity index is 2.01. The summed E-state index contributed by atoms with van der Waals surface area (Å²) in [7, 11) is 0. The fourth-order valence-corrected chi connectivity index (χ4v) is 3.76. The summed E-state index contributed by atoms with van der Waals surface area (Å²) >= 11 is 1.26. The number of halogens is 1. The molecule has 1 aliphatic carbocycles. The molecule has 1 aromatic heterocycles. The molecule has 3 rings (SSSR count). The van der Waals surface area contributed by atoms with E-state index in [1.54, 1.807) is 18.4 Å². The van der Waals surface area contributed by atoms with E-state index >= 15 is 0 Å². The number of carboxylic acid groups (broad SMARTS) is 1. The number of aliphatic carboxylic acids is 1. The second-order valence-corrected chi connectivity index (χ2v) is 6.68. The molecule has 2 N–H and O–H groups in total. The van der Waals surface area contributed by atoms with E-state index in [0.29, 0.717) is 22.9 Å². The number of ether oxygens (including phenoxy) is 1. The van der Waals surface area contributed by atoms with Crippen molar-refractivity contribution in [3.05, 3.63) is 45.3 Å². The number of fused-ring (bicyclic) bond motifs is 1. The lowest BCUT2D eigenvalue weighted by Crippen LogP contribution is -2.21. The number of allylic oxidation sites excluding steroid dienone is 4. The van der Waals surface area contributed by atoms with Crippen LogP contribution in [0.3, 0.4) is 0 Å². The number of hydrogen-bond acceptors (Lipinski definition) is 6. The van der Waals surface area contributed by atoms with Crippen LogP contribution in [0, 0.1) is 0 Å². The van der Waals surface area contributed by atoms with Gasteiger partial charge in [-0.05, 0) is 19.4 Å². The summed E-state index contributed by atoms with van der Waals surface area (Å²) in [4.78, 5) is 27.7. The minimum Gasteiger partial charge on any atom is -0.507 e. The van der Waals surface area contributed by atoms with Gasteiger partial charge in [0.25, 0.3) is 0 Å². The summed E-state index contributed by atoms with van der Waals surface area (Å²) in [6, 6.07) is 1.58. The van der Waals surface area contributed by atoms with Crippen LogP contribution < -0.4 is 4.74 Å². The molecule has 0 saturated heterocycles. The number of nitrogens with zero attached hydrogens (tertiary/aromatic N) is 1. The topological polar surface area (TPSA) is 96.2 Å². The molecule has 0 amide bonds. The number of thiophene rings is 1. The van der Waals surface area contributed by atoms with Gasteiger partial charge in [0.15, 0.2) is 10.9 Å². The molecule has 0 saturated carbocycles. The summed E-state index contributed by atoms with van der Waals surface area (Å²) in [6.07, 6.45) is -0.476. The van der Waals surface area contributed by atoms with Gasteiger partial charge in [-0.2, -0.15) is 0 Å². The Hall–Kier alpha value is -2.74. The fraction of sp³-hybridized carbons (Fsp3) is 0.278. The number of aliphatic imine (C=N–C) groups is 1. The zero-order valence-corrected chi connectivity index (χ0v) is 14.9. The second kappa shape index (κ2) is 6.87. The van der Waals surface area contributed by atoms with E-state index in [9.17, 15) is 19.1 Å². The largest absolute Gasteiger partial charge is 0.507 e. The minimum atomic E-state index is -1.13. The number of carbonyl (C=O) groups is 2. The second-order valence-electron chi connectivity index (χ2n) is 5.80. The Labute approximate surface area is 152 Å². The molecule has 0 unspecified atom stereocenters. The summed E-state index contributed by atoms with van der Waals surface area (Å²) in [5.41, 5.74) is 1.05. The van der Waals surface area contributed by atoms with Gasteiger partial charge >= 0.3 is 5.97 Å². The maximum atomic E-state index is 14.7. The van der Waals surface area contributed by atoms with Crippen molar-refractivity contribution in [1.82, 2.24) is 0 Å². The third-order valence-electron chi connectivity index (χ3n) is 4.12. The third-order valence-corrected chi connectivity index (χ3v) is 4.96. The molecule has 0 bridgehead atoms. The van der Waals surface area contributed by atoms with Crippen LogP contribution in [0.4, 0.5) is 4.39 Å². The predicted octanol–water partition coefficient (Wildman–Crippen LogP) is 3.82. The highest BCUT2D eigenvalue weighted by atomic mass is 32.1. The SMILES string of the molecule is CCOc1cc(C(O)=C2CC3=NC(C)=C(CC(=O)O)C3=C(F)C2=O)cs1. The Morgan fingerprint density at radius 3 is 2.81 bits per heavy atom. The van der Waals surface area contributed by atoms with Crippen molar-refractivity contribution in [2.45, 2.75) is 26.7 Å². The van der Waals surface area contributed by atoms with Crippen molar-refractivity contribution < 1.29 is 28.9 Å². The van der Waals surface area contributed by atoms with Crippen molar-refractivity contribution in [2.24, 2.45) is 4.99 Å². The molecule has 2 aliphatic rings. The number of rotatable bonds is 5. The Kier molecular flexibility index (Phi) is 4.78. The highest BCUT2D eigenvalue weighted by Crippen LogP contribution is 2.40. The molecule has 0 fully saturated rings. The van der Waals surface area contributed by atoms with Crippen molar-refractivity contribution >= 4 is 34.6 Å². The van der Waals surface area contributed by atoms with E-state index in [-0.39, 0.29) is 34.6 Å². The van der Waals surface area contributed by atoms with Crippen LogP contribution in [0.1, 0.15) is 32.3 Å². The zero-order valence-electron chi connectivity index (χ0n) is 14.1. The Morgan fingerprint density at radius 2 is 2.15 bits per heavy atom. The maximum Gasteiger partial charge on any atom is 0.307 e. The van der Waals surface area contributed by atoms with Crippen LogP contribution in [0.2, 0.25) is 0 Å². The number of carboxylic acids is 1. The van der Waals surface area contributed by atoms with Crippen molar-refractivity contribution in [3.8, 4) is 5.06 Å². The molecule has 2 heterocycles. The minimum absolute atomic E-state index is 0.0493. The van der Waals surface area contributed by atoms with Gasteiger partial charge in [-0.1, -0.05) is 0 Å². The molecular weight excluding hydrogens is 361 g/mol. The number of Topliss-reactive ketones (excluding diaryl/α,β-unsaturated/α-hetero) is 1. The van der Waals surface area contributed by atoms with Gasteiger partial charge < -0.3 is 14.9 Å². The zero-order chi connectivity index (χ0) is 19.0. The predicted molar refractivity (Wildman–Crippen MR) is 95.2 cm³/mol. The van der Waals surface area contributed by atoms with E-state index in [2.05, 4.69) is 4.99 Å². The van der Waals surface area contributed by atoms with Crippen molar-refractivity contribution in [3.63, 3.8) is 0 Å². The lowest BCUT2D eigenvalue weighted by Gasteiger charge is -2.18. The lowest BCUT2D eigenvalue weighted by atomic mass is 9.85. The van der Waals surface area contributed by atoms with Crippen LogP contribution in [-0.2, 0) is 9.59 Å². The molecule has 0 spiro atoms. The van der Waals surface area contributed by atoms with Crippen LogP contribution in [0.25, 0.3) is 5.76 Å². The molecule has 6 nitrogen and oxygen atoms in total. The first-order chi connectivity index (χ1) is 12.3. The Morgan fingerprint density at radius 1 is 1.42 bits per heavy atom. The molecule has 8 heteroatoms. The number of aliphatic hydroxyl groups excluding tert-OH is 1. The van der Waals surface area contributed by atoms with Crippen LogP contribution in [-0.4, -0.2) is 34.3 Å². The molecule has 0 radical (unpaired) electrons. The van der Waals surface area contributed by atoms with Gasteiger partial charge in [0.1, 0.15) is 5.76 Å². The van der Waals surface area contributed by atoms with Crippen LogP contribution >= 0.6 is 11.3 Å². The average molecular weight is 377 g/mol. The van der Waals surface area contributed by atoms with E-state index in [1.165, 1.54) is 11.3 Å². The quantitative estimate of drug-likeness (QED) is 0.601. The summed E-state index contributed by atoms with van der Waals surface area (Å²) in [5, 5.41) is 21.7. The van der Waals surface area contributed by atoms with E-state index in [1.807, 2.05) is 6.92 Å². The number of aliphatic hydroxyl groups is 1. The molecule has 0 aromatic carbocycles. The summed E-state index contributed by atoms with van der Waals surface area (Å²) < 4.78 is 20.0. The maximum absolute atomic E-state index is 14.7. The lowest BCUT2D eigenvalue weighted by molar-refractivity contribution is -0.136. The van der Waals surface area contributed by atoms with Crippen molar-refractivity contribution in [2.75, 3.05) is 6.61 Å². The Bertz CT molecular complexity index is 935. The average Bonchev–Trinajstić information content (AvgIpc) is 3.16. The summed E-state index contributed by atoms with van der Waals surface area (Å²) in [6.45, 7) is 3.86. The molecule has 1 aliphatic heterocycles. The molecule has 26 heavy (non-hydrogen) atoms. The van der Waals surface area contributed by atoms with Gasteiger partial charge in [0.2, 0.25) is 5.78 Å². The molecular formula is C18H16FNO5S. The monoisotopic (exact) mass is 377 g/mol. The molecule has 136 valence electrons. The normalized spacial score (nSPS) is 18.9. The number of hydrogen-bond donors (Lipinski definition) is 2. The summed E-state index contributed by atoms with van der Waals surface area (Å²) in [5.74, 6) is -3.48. The highest BCUT2D eigenvalue weighted by molar-refractivity contribution is 7.12. The van der Waals surface area contributed by atoms with Gasteiger partial charge in [0.05, 0.1) is 24.3 Å². The van der Waals surface area contributed by atoms with Gasteiger partial charge in [-0.3, -0.25) is 14.6 Å². The first-order valence-corrected chi connectivity index (χ1v) is 8.79. The van der Waals surface area contributed by atoms with Crippen molar-refractivity contribution in [1.29, 1.82) is 0 Å². The van der Waals surface area contributed by atoms with Gasteiger partial charge in [0, 0.05) is 34.7 Å². The first kappa shape index (κ1) is 18.1. The fourth-order valence-electron chi connectivity index (χ4n) is 2.95. The van der Waals surface area contributed by atoms with Crippen LogP contribution in [0.5, 0.6) is 5.06 Å². The van der Waals surface area contributed by atoms with Gasteiger partial charge in [-0.15, -0.1) is 11.3 Å². The van der Waals surface area contributed by atoms with Gasteiger partial charge in [-0.25, -0.2) is 4.39 Å². The number of ketones is 1. The standard InChI is InChI=1S/C18H16FNO5S/c1-3-25-14-4-9(7-26-14)17(23)11-5-12-15(16(19)18(11)24)10(6-13(21)22)8(2)20-12/h4,7,23H,3,5-6H2,1-2H3,(H,21,22). The van der Waals surface area contributed by atoms with E-state index in [4.69, 9.17) is 9.84 Å². The van der Waals surface area contributed by atoms with E-state index in [0.717, 1.165) is 0 Å². The van der Waals surface area contributed by atoms with E-state index < -0.39 is 24.0 Å². The molecule has 0 atom stereocenters.